The Morgan fingerprint density at radius 1 is 1.41 bits per heavy atom. The minimum absolute atomic E-state index is 0.0639. The molecule has 0 saturated carbocycles. The van der Waals surface area contributed by atoms with Gasteiger partial charge in [0.25, 0.3) is 5.91 Å². The molecule has 0 aromatic carbocycles. The number of nitrogens with zero attached hydrogens (tertiary/aromatic N) is 1. The predicted octanol–water partition coefficient (Wildman–Crippen LogP) is -1.14. The van der Waals surface area contributed by atoms with E-state index in [1.54, 1.807) is 13.8 Å². The molecule has 94 valence electrons. The van der Waals surface area contributed by atoms with Crippen LogP contribution in [0, 0.1) is 5.92 Å². The summed E-state index contributed by atoms with van der Waals surface area (Å²) in [6.07, 6.45) is 0.0862. The minimum atomic E-state index is -0.669. The summed E-state index contributed by atoms with van der Waals surface area (Å²) in [5.74, 6) is -0.695. The zero-order chi connectivity index (χ0) is 12.6. The molecule has 2 N–H and O–H groups in total. The van der Waals surface area contributed by atoms with Crippen LogP contribution in [0.2, 0.25) is 0 Å². The first-order valence-electron chi connectivity index (χ1n) is 5.87. The number of amides is 3. The van der Waals surface area contributed by atoms with Gasteiger partial charge in [0.15, 0.2) is 0 Å². The molecule has 2 heterocycles. The van der Waals surface area contributed by atoms with E-state index in [0.717, 1.165) is 0 Å². The molecule has 2 fully saturated rings. The number of imide groups is 1. The largest absolute Gasteiger partial charge is 0.343 e. The van der Waals surface area contributed by atoms with E-state index < -0.39 is 6.04 Å². The molecule has 2 aliphatic rings. The Hall–Kier alpha value is -1.43. The third kappa shape index (κ3) is 2.17. The summed E-state index contributed by atoms with van der Waals surface area (Å²) in [6, 6.07) is -0.819. The van der Waals surface area contributed by atoms with E-state index in [2.05, 4.69) is 10.6 Å². The van der Waals surface area contributed by atoms with Crippen LogP contribution in [0.1, 0.15) is 20.3 Å². The predicted molar refractivity (Wildman–Crippen MR) is 59.9 cm³/mol. The van der Waals surface area contributed by atoms with Crippen LogP contribution in [0.5, 0.6) is 0 Å². The van der Waals surface area contributed by atoms with Crippen LogP contribution in [0.15, 0.2) is 0 Å². The van der Waals surface area contributed by atoms with E-state index in [4.69, 9.17) is 0 Å². The van der Waals surface area contributed by atoms with Crippen LogP contribution in [-0.2, 0) is 14.4 Å². The Bertz CT molecular complexity index is 363. The Balaban J connectivity index is 1.96. The van der Waals surface area contributed by atoms with Crippen molar-refractivity contribution in [3.63, 3.8) is 0 Å². The van der Waals surface area contributed by atoms with Crippen molar-refractivity contribution in [2.75, 3.05) is 13.1 Å². The number of likely N-dealkylation sites (tertiary alicyclic amines) is 1. The maximum Gasteiger partial charge on any atom is 0.252 e. The van der Waals surface area contributed by atoms with Crippen molar-refractivity contribution in [3.05, 3.63) is 0 Å². The maximum absolute atomic E-state index is 11.9. The van der Waals surface area contributed by atoms with Crippen LogP contribution >= 0.6 is 0 Å². The maximum atomic E-state index is 11.9. The topological polar surface area (TPSA) is 78.5 Å². The first kappa shape index (κ1) is 12.0. The van der Waals surface area contributed by atoms with Crippen molar-refractivity contribution < 1.29 is 14.4 Å². The number of rotatable bonds is 3. The second-order valence-corrected chi connectivity index (χ2v) is 4.82. The average Bonchev–Trinajstić information content (AvgIpc) is 2.38. The monoisotopic (exact) mass is 239 g/mol. The molecule has 0 bridgehead atoms. The van der Waals surface area contributed by atoms with E-state index in [1.807, 2.05) is 0 Å². The van der Waals surface area contributed by atoms with Gasteiger partial charge in [-0.15, -0.1) is 0 Å². The van der Waals surface area contributed by atoms with Gasteiger partial charge in [0.05, 0.1) is 12.3 Å². The van der Waals surface area contributed by atoms with Crippen molar-refractivity contribution in [1.82, 2.24) is 15.5 Å². The molecule has 0 aromatic heterocycles. The number of carbonyl (C=O) groups is 3. The second kappa shape index (κ2) is 4.44. The van der Waals surface area contributed by atoms with Crippen molar-refractivity contribution in [3.8, 4) is 0 Å². The highest BCUT2D eigenvalue weighted by Crippen LogP contribution is 2.17. The zero-order valence-corrected chi connectivity index (χ0v) is 10.0. The third-order valence-corrected chi connectivity index (χ3v) is 3.17. The molecule has 2 rings (SSSR count). The Labute approximate surface area is 99.7 Å². The van der Waals surface area contributed by atoms with Crippen LogP contribution in [0.25, 0.3) is 0 Å². The fourth-order valence-corrected chi connectivity index (χ4v) is 2.07. The quantitative estimate of drug-likeness (QED) is 0.610. The summed E-state index contributed by atoms with van der Waals surface area (Å²) in [5, 5.41) is 5.65. The fraction of sp³-hybridized carbons (Fsp3) is 0.727. The molecule has 2 aliphatic heterocycles. The first-order chi connectivity index (χ1) is 8.00. The van der Waals surface area contributed by atoms with Gasteiger partial charge in [-0.25, -0.2) is 0 Å². The van der Waals surface area contributed by atoms with Crippen LogP contribution < -0.4 is 10.6 Å². The summed E-state index contributed by atoms with van der Waals surface area (Å²) in [7, 11) is 0. The second-order valence-electron chi connectivity index (χ2n) is 4.82. The van der Waals surface area contributed by atoms with E-state index in [-0.39, 0.29) is 36.1 Å². The SMILES string of the molecule is CC(C)N1C(=O)CC(NC(=O)C2CNC2)C1=O. The molecule has 0 aliphatic carbocycles. The Morgan fingerprint density at radius 3 is 2.47 bits per heavy atom. The number of nitrogens with one attached hydrogen (secondary N) is 2. The number of hydrogen-bond acceptors (Lipinski definition) is 4. The lowest BCUT2D eigenvalue weighted by Gasteiger charge is -2.27. The Morgan fingerprint density at radius 2 is 2.06 bits per heavy atom. The molecule has 3 amide bonds. The molecule has 2 saturated heterocycles. The zero-order valence-electron chi connectivity index (χ0n) is 10.0. The highest BCUT2D eigenvalue weighted by Gasteiger charge is 2.41. The van der Waals surface area contributed by atoms with Gasteiger partial charge < -0.3 is 10.6 Å². The molecule has 1 atom stereocenters. The third-order valence-electron chi connectivity index (χ3n) is 3.17. The summed E-state index contributed by atoms with van der Waals surface area (Å²) >= 11 is 0. The van der Waals surface area contributed by atoms with Crippen molar-refractivity contribution in [2.24, 2.45) is 5.92 Å². The minimum Gasteiger partial charge on any atom is -0.343 e. The van der Waals surface area contributed by atoms with Crippen molar-refractivity contribution >= 4 is 17.7 Å². The summed E-state index contributed by atoms with van der Waals surface area (Å²) in [4.78, 5) is 36.4. The molecule has 17 heavy (non-hydrogen) atoms. The lowest BCUT2D eigenvalue weighted by atomic mass is 10.0. The number of carbonyl (C=O) groups excluding carboxylic acids is 3. The highest BCUT2D eigenvalue weighted by atomic mass is 16.2. The molecular weight excluding hydrogens is 222 g/mol. The van der Waals surface area contributed by atoms with Crippen molar-refractivity contribution in [2.45, 2.75) is 32.4 Å². The van der Waals surface area contributed by atoms with Gasteiger partial charge in [-0.05, 0) is 13.8 Å². The van der Waals surface area contributed by atoms with Gasteiger partial charge in [0.2, 0.25) is 11.8 Å². The van der Waals surface area contributed by atoms with Gasteiger partial charge >= 0.3 is 0 Å². The van der Waals surface area contributed by atoms with E-state index >= 15 is 0 Å². The van der Waals surface area contributed by atoms with Gasteiger partial charge in [0, 0.05) is 19.1 Å². The first-order valence-corrected chi connectivity index (χ1v) is 5.87. The highest BCUT2D eigenvalue weighted by molar-refractivity contribution is 6.07. The standard InChI is InChI=1S/C11H17N3O3/c1-6(2)14-9(15)3-8(11(14)17)13-10(16)7-4-12-5-7/h6-8,12H,3-5H2,1-2H3,(H,13,16). The molecule has 0 spiro atoms. The lowest BCUT2D eigenvalue weighted by molar-refractivity contribution is -0.142. The van der Waals surface area contributed by atoms with Gasteiger partial charge in [-0.1, -0.05) is 0 Å². The van der Waals surface area contributed by atoms with Crippen LogP contribution in [0.4, 0.5) is 0 Å². The van der Waals surface area contributed by atoms with Crippen molar-refractivity contribution in [1.29, 1.82) is 0 Å². The molecule has 6 nitrogen and oxygen atoms in total. The lowest BCUT2D eigenvalue weighted by Crippen LogP contribution is -2.54. The molecule has 1 unspecified atom stereocenters. The Kier molecular flexibility index (Phi) is 3.15. The van der Waals surface area contributed by atoms with E-state index in [0.29, 0.717) is 13.1 Å². The summed E-state index contributed by atoms with van der Waals surface area (Å²) in [6.45, 7) is 4.87. The number of hydrogen-bond donors (Lipinski definition) is 2. The average molecular weight is 239 g/mol. The molecule has 6 heteroatoms. The molecular formula is C11H17N3O3. The molecule has 0 aromatic rings. The van der Waals surface area contributed by atoms with Gasteiger partial charge in [-0.3, -0.25) is 19.3 Å². The van der Waals surface area contributed by atoms with Gasteiger partial charge in [0.1, 0.15) is 6.04 Å². The summed E-state index contributed by atoms with van der Waals surface area (Å²) < 4.78 is 0. The van der Waals surface area contributed by atoms with Crippen LogP contribution in [0.3, 0.4) is 0 Å². The van der Waals surface area contributed by atoms with E-state index in [1.165, 1.54) is 4.90 Å². The summed E-state index contributed by atoms with van der Waals surface area (Å²) in [5.41, 5.74) is 0. The fourth-order valence-electron chi connectivity index (χ4n) is 2.07. The van der Waals surface area contributed by atoms with E-state index in [9.17, 15) is 14.4 Å². The smallest absolute Gasteiger partial charge is 0.252 e. The normalized spacial score (nSPS) is 25.4. The molecule has 0 radical (unpaired) electrons. The van der Waals surface area contributed by atoms with Crippen LogP contribution in [-0.4, -0.2) is 47.8 Å². The van der Waals surface area contributed by atoms with Gasteiger partial charge in [-0.2, -0.15) is 0 Å².